The number of aryl methyl sites for hydroxylation is 1. The number of para-hydroxylation sites is 2. The zero-order chi connectivity index (χ0) is 14.6. The van der Waals surface area contributed by atoms with Crippen molar-refractivity contribution in [2.75, 3.05) is 6.61 Å². The molecule has 0 fully saturated rings. The van der Waals surface area contributed by atoms with Crippen LogP contribution in [0.25, 0.3) is 11.0 Å². The Morgan fingerprint density at radius 1 is 1.40 bits per heavy atom. The fraction of sp³-hybridized carbons (Fsp3) is 0.467. The van der Waals surface area contributed by atoms with E-state index in [4.69, 9.17) is 5.11 Å². The van der Waals surface area contributed by atoms with Crippen molar-refractivity contribution in [1.82, 2.24) is 15.3 Å². The van der Waals surface area contributed by atoms with E-state index in [2.05, 4.69) is 15.3 Å². The number of rotatable bonds is 6. The number of nitrogens with one attached hydrogen (secondary N) is 2. The molecule has 2 rings (SSSR count). The summed E-state index contributed by atoms with van der Waals surface area (Å²) in [4.78, 5) is 19.5. The lowest BCUT2D eigenvalue weighted by Gasteiger charge is -2.25. The van der Waals surface area contributed by atoms with E-state index in [1.807, 2.05) is 38.1 Å². The van der Waals surface area contributed by atoms with Crippen molar-refractivity contribution in [2.24, 2.45) is 0 Å². The van der Waals surface area contributed by atoms with Gasteiger partial charge in [-0.25, -0.2) is 4.98 Å². The van der Waals surface area contributed by atoms with Gasteiger partial charge in [0.25, 0.3) is 0 Å². The first-order valence-corrected chi connectivity index (χ1v) is 6.86. The third-order valence-corrected chi connectivity index (χ3v) is 3.24. The molecular weight excluding hydrogens is 254 g/mol. The van der Waals surface area contributed by atoms with Crippen LogP contribution in [-0.4, -0.2) is 33.1 Å². The minimum Gasteiger partial charge on any atom is -0.396 e. The topological polar surface area (TPSA) is 78.0 Å². The lowest BCUT2D eigenvalue weighted by molar-refractivity contribution is -0.122. The molecule has 20 heavy (non-hydrogen) atoms. The number of hydrogen-bond acceptors (Lipinski definition) is 3. The number of H-pyrrole nitrogens is 1. The molecule has 0 unspecified atom stereocenters. The highest BCUT2D eigenvalue weighted by Gasteiger charge is 2.19. The largest absolute Gasteiger partial charge is 0.396 e. The van der Waals surface area contributed by atoms with Gasteiger partial charge >= 0.3 is 0 Å². The van der Waals surface area contributed by atoms with Crippen LogP contribution in [0, 0.1) is 0 Å². The number of amides is 1. The standard InChI is InChI=1S/C15H21N3O2/c1-15(2,9-10-19)18-14(20)8-7-13-16-11-5-3-4-6-12(11)17-13/h3-6,19H,7-10H2,1-2H3,(H,16,17)(H,18,20). The monoisotopic (exact) mass is 275 g/mol. The molecule has 3 N–H and O–H groups in total. The van der Waals surface area contributed by atoms with Crippen LogP contribution in [0.15, 0.2) is 24.3 Å². The third kappa shape index (κ3) is 3.81. The maximum Gasteiger partial charge on any atom is 0.220 e. The van der Waals surface area contributed by atoms with Gasteiger partial charge in [0.15, 0.2) is 0 Å². The van der Waals surface area contributed by atoms with E-state index in [0.717, 1.165) is 16.9 Å². The minimum absolute atomic E-state index is 0.0242. The Hall–Kier alpha value is -1.88. The van der Waals surface area contributed by atoms with E-state index in [1.165, 1.54) is 0 Å². The van der Waals surface area contributed by atoms with E-state index in [-0.39, 0.29) is 18.1 Å². The smallest absolute Gasteiger partial charge is 0.220 e. The minimum atomic E-state index is -0.375. The molecule has 0 saturated carbocycles. The van der Waals surface area contributed by atoms with Crippen molar-refractivity contribution in [3.63, 3.8) is 0 Å². The van der Waals surface area contributed by atoms with Gasteiger partial charge in [-0.05, 0) is 32.4 Å². The second kappa shape index (κ2) is 6.05. The van der Waals surface area contributed by atoms with E-state index < -0.39 is 0 Å². The first-order valence-electron chi connectivity index (χ1n) is 6.86. The molecule has 0 spiro atoms. The van der Waals surface area contributed by atoms with E-state index in [0.29, 0.717) is 19.3 Å². The van der Waals surface area contributed by atoms with Crippen molar-refractivity contribution in [3.05, 3.63) is 30.1 Å². The fourth-order valence-electron chi connectivity index (χ4n) is 2.14. The number of nitrogens with zero attached hydrogens (tertiary/aromatic N) is 1. The van der Waals surface area contributed by atoms with Gasteiger partial charge in [0.2, 0.25) is 5.91 Å². The molecule has 1 amide bonds. The number of aromatic nitrogens is 2. The van der Waals surface area contributed by atoms with Crippen molar-refractivity contribution < 1.29 is 9.90 Å². The maximum atomic E-state index is 11.9. The summed E-state index contributed by atoms with van der Waals surface area (Å²) in [5.74, 6) is 0.797. The van der Waals surface area contributed by atoms with E-state index >= 15 is 0 Å². The highest BCUT2D eigenvalue weighted by Crippen LogP contribution is 2.12. The van der Waals surface area contributed by atoms with Crippen LogP contribution in [0.1, 0.15) is 32.5 Å². The summed E-state index contributed by atoms with van der Waals surface area (Å²) >= 11 is 0. The molecule has 1 heterocycles. The van der Waals surface area contributed by atoms with Crippen LogP contribution in [0.3, 0.4) is 0 Å². The van der Waals surface area contributed by atoms with Gasteiger partial charge in [0.1, 0.15) is 5.82 Å². The molecule has 5 nitrogen and oxygen atoms in total. The first kappa shape index (κ1) is 14.5. The zero-order valence-electron chi connectivity index (χ0n) is 11.9. The molecule has 0 atom stereocenters. The summed E-state index contributed by atoms with van der Waals surface area (Å²) in [5, 5.41) is 11.9. The summed E-state index contributed by atoms with van der Waals surface area (Å²) < 4.78 is 0. The summed E-state index contributed by atoms with van der Waals surface area (Å²) in [5.41, 5.74) is 1.53. The number of aliphatic hydroxyl groups is 1. The number of imidazole rings is 1. The van der Waals surface area contributed by atoms with Gasteiger partial charge in [-0.1, -0.05) is 12.1 Å². The second-order valence-corrected chi connectivity index (χ2v) is 5.61. The number of benzene rings is 1. The van der Waals surface area contributed by atoms with Crippen LogP contribution in [0.2, 0.25) is 0 Å². The number of aliphatic hydroxyl groups excluding tert-OH is 1. The predicted molar refractivity (Wildman–Crippen MR) is 78.3 cm³/mol. The average molecular weight is 275 g/mol. The Bertz CT molecular complexity index is 557. The zero-order valence-corrected chi connectivity index (χ0v) is 11.9. The number of carbonyl (C=O) groups excluding carboxylic acids is 1. The third-order valence-electron chi connectivity index (χ3n) is 3.24. The molecule has 2 aromatic rings. The van der Waals surface area contributed by atoms with Gasteiger partial charge < -0.3 is 15.4 Å². The Morgan fingerprint density at radius 3 is 2.85 bits per heavy atom. The number of aromatic amines is 1. The fourth-order valence-corrected chi connectivity index (χ4v) is 2.14. The Balaban J connectivity index is 1.90. The quantitative estimate of drug-likeness (QED) is 0.752. The highest BCUT2D eigenvalue weighted by atomic mass is 16.3. The number of hydrogen-bond donors (Lipinski definition) is 3. The molecular formula is C15H21N3O2. The van der Waals surface area contributed by atoms with Crippen molar-refractivity contribution in [2.45, 2.75) is 38.6 Å². The van der Waals surface area contributed by atoms with Crippen LogP contribution in [0.5, 0.6) is 0 Å². The van der Waals surface area contributed by atoms with Gasteiger partial charge in [0, 0.05) is 25.0 Å². The lowest BCUT2D eigenvalue weighted by Crippen LogP contribution is -2.44. The van der Waals surface area contributed by atoms with Crippen LogP contribution < -0.4 is 5.32 Å². The van der Waals surface area contributed by atoms with Crippen molar-refractivity contribution in [1.29, 1.82) is 0 Å². The SMILES string of the molecule is CC(C)(CCO)NC(=O)CCc1nc2ccccc2[nH]1. The molecule has 0 aliphatic heterocycles. The Morgan fingerprint density at radius 2 is 2.15 bits per heavy atom. The normalized spacial score (nSPS) is 11.8. The molecule has 1 aromatic heterocycles. The lowest BCUT2D eigenvalue weighted by atomic mass is 10.0. The molecule has 0 saturated heterocycles. The van der Waals surface area contributed by atoms with Gasteiger partial charge in [-0.15, -0.1) is 0 Å². The van der Waals surface area contributed by atoms with Crippen LogP contribution in [-0.2, 0) is 11.2 Å². The van der Waals surface area contributed by atoms with Crippen LogP contribution >= 0.6 is 0 Å². The molecule has 1 aromatic carbocycles. The van der Waals surface area contributed by atoms with Gasteiger partial charge in [-0.2, -0.15) is 0 Å². The summed E-state index contributed by atoms with van der Waals surface area (Å²) in [6, 6.07) is 7.81. The highest BCUT2D eigenvalue weighted by molar-refractivity contribution is 5.77. The second-order valence-electron chi connectivity index (χ2n) is 5.61. The Labute approximate surface area is 118 Å². The molecule has 0 aliphatic carbocycles. The molecule has 108 valence electrons. The van der Waals surface area contributed by atoms with Crippen molar-refractivity contribution >= 4 is 16.9 Å². The Kier molecular flexibility index (Phi) is 4.39. The maximum absolute atomic E-state index is 11.9. The molecule has 0 radical (unpaired) electrons. The first-order chi connectivity index (χ1) is 9.50. The summed E-state index contributed by atoms with van der Waals surface area (Å²) in [7, 11) is 0. The summed E-state index contributed by atoms with van der Waals surface area (Å²) in [6.45, 7) is 3.88. The van der Waals surface area contributed by atoms with E-state index in [9.17, 15) is 4.79 Å². The predicted octanol–water partition coefficient (Wildman–Crippen LogP) is 1.77. The number of carbonyl (C=O) groups is 1. The average Bonchev–Trinajstić information content (AvgIpc) is 2.78. The van der Waals surface area contributed by atoms with Gasteiger partial charge in [0.05, 0.1) is 11.0 Å². The van der Waals surface area contributed by atoms with Crippen LogP contribution in [0.4, 0.5) is 0 Å². The molecule has 0 aliphatic rings. The van der Waals surface area contributed by atoms with Crippen molar-refractivity contribution in [3.8, 4) is 0 Å². The van der Waals surface area contributed by atoms with E-state index in [1.54, 1.807) is 0 Å². The molecule has 5 heteroatoms. The van der Waals surface area contributed by atoms with Gasteiger partial charge in [-0.3, -0.25) is 4.79 Å². The number of fused-ring (bicyclic) bond motifs is 1. The molecule has 0 bridgehead atoms. The summed E-state index contributed by atoms with van der Waals surface area (Å²) in [6.07, 6.45) is 1.51.